The first kappa shape index (κ1) is 19.2. The molecular weight excluding hydrogens is 375 g/mol. The van der Waals surface area contributed by atoms with Crippen molar-refractivity contribution in [2.75, 3.05) is 32.7 Å². The summed E-state index contributed by atoms with van der Waals surface area (Å²) in [5.41, 5.74) is 7.35. The number of pyridine rings is 1. The summed E-state index contributed by atoms with van der Waals surface area (Å²) in [7, 11) is 0. The normalized spacial score (nSPS) is 21.1. The first-order valence-electron chi connectivity index (χ1n) is 10.7. The average molecular weight is 403 g/mol. The lowest BCUT2D eigenvalue weighted by Crippen LogP contribution is -2.38. The molecule has 0 aliphatic carbocycles. The number of hydrogen-bond donors (Lipinski definition) is 3. The van der Waals surface area contributed by atoms with E-state index in [9.17, 15) is 4.39 Å². The van der Waals surface area contributed by atoms with E-state index in [0.717, 1.165) is 56.8 Å². The number of hydrogen-bond acceptors (Lipinski definition) is 4. The molecule has 0 saturated carbocycles. The highest BCUT2D eigenvalue weighted by molar-refractivity contribution is 5.98. The van der Waals surface area contributed by atoms with Crippen LogP contribution in [0.5, 0.6) is 0 Å². The zero-order chi connectivity index (χ0) is 20.4. The Hall–Kier alpha value is -2.76. The Balaban J connectivity index is 1.77. The molecule has 0 unspecified atom stereocenters. The molecule has 3 N–H and O–H groups in total. The third-order valence-corrected chi connectivity index (χ3v) is 6.53. The predicted molar refractivity (Wildman–Crippen MR) is 119 cm³/mol. The first-order chi connectivity index (χ1) is 14.8. The molecule has 2 aromatic rings. The number of nitrogens with one attached hydrogen (secondary N) is 3. The molecule has 5 rings (SSSR count). The van der Waals surface area contributed by atoms with Crippen molar-refractivity contribution in [1.82, 2.24) is 20.9 Å². The van der Waals surface area contributed by atoms with Crippen molar-refractivity contribution in [2.45, 2.75) is 12.8 Å². The fourth-order valence-electron chi connectivity index (χ4n) is 5.16. The Kier molecular flexibility index (Phi) is 5.23. The Morgan fingerprint density at radius 2 is 1.43 bits per heavy atom. The lowest BCUT2D eigenvalue weighted by atomic mass is 9.64. The van der Waals surface area contributed by atoms with Crippen molar-refractivity contribution >= 4 is 11.3 Å². The zero-order valence-electron chi connectivity index (χ0n) is 17.0. The smallest absolute Gasteiger partial charge is 0.123 e. The minimum absolute atomic E-state index is 0.185. The van der Waals surface area contributed by atoms with Crippen LogP contribution < -0.4 is 16.0 Å². The van der Waals surface area contributed by atoms with E-state index in [-0.39, 0.29) is 11.2 Å². The molecule has 154 valence electrons. The van der Waals surface area contributed by atoms with E-state index in [0.29, 0.717) is 0 Å². The molecule has 0 saturated heterocycles. The monoisotopic (exact) mass is 402 g/mol. The standard InChI is InChI=1S/C25H27FN4/c26-22-3-1-19(2-4-22)24-23(18-5-11-27-12-6-18)25(17-30-24,20-7-13-28-14-8-20)21-9-15-29-16-10-21/h1-7,9,11-12,28-30H,8,10,13-17H2. The fourth-order valence-corrected chi connectivity index (χ4v) is 5.16. The van der Waals surface area contributed by atoms with Crippen LogP contribution in [0.3, 0.4) is 0 Å². The quantitative estimate of drug-likeness (QED) is 0.685. The van der Waals surface area contributed by atoms with Gasteiger partial charge in [-0.3, -0.25) is 4.98 Å². The first-order valence-corrected chi connectivity index (χ1v) is 10.7. The van der Waals surface area contributed by atoms with Crippen LogP contribution in [-0.2, 0) is 0 Å². The van der Waals surface area contributed by atoms with Gasteiger partial charge in [-0.15, -0.1) is 0 Å². The minimum atomic E-state index is -0.212. The van der Waals surface area contributed by atoms with Gasteiger partial charge in [0, 0.05) is 37.7 Å². The summed E-state index contributed by atoms with van der Waals surface area (Å²) in [6, 6.07) is 11.0. The van der Waals surface area contributed by atoms with Gasteiger partial charge in [0.25, 0.3) is 0 Å². The van der Waals surface area contributed by atoms with E-state index in [1.807, 2.05) is 24.5 Å². The van der Waals surface area contributed by atoms with Crippen LogP contribution in [0, 0.1) is 11.2 Å². The highest BCUT2D eigenvalue weighted by atomic mass is 19.1. The molecule has 0 fully saturated rings. The van der Waals surface area contributed by atoms with Crippen molar-refractivity contribution < 1.29 is 4.39 Å². The van der Waals surface area contributed by atoms with Crippen molar-refractivity contribution in [3.63, 3.8) is 0 Å². The molecule has 3 aliphatic rings. The topological polar surface area (TPSA) is 49.0 Å². The van der Waals surface area contributed by atoms with Gasteiger partial charge in [0.1, 0.15) is 5.82 Å². The molecule has 4 nitrogen and oxygen atoms in total. The van der Waals surface area contributed by atoms with Gasteiger partial charge in [-0.2, -0.15) is 0 Å². The Morgan fingerprint density at radius 3 is 2.00 bits per heavy atom. The van der Waals surface area contributed by atoms with Crippen LogP contribution in [0.1, 0.15) is 24.0 Å². The van der Waals surface area contributed by atoms with Crippen LogP contribution in [0.25, 0.3) is 11.3 Å². The molecule has 1 aromatic heterocycles. The van der Waals surface area contributed by atoms with Crippen molar-refractivity contribution in [1.29, 1.82) is 0 Å². The van der Waals surface area contributed by atoms with Crippen LogP contribution in [-0.4, -0.2) is 37.7 Å². The number of rotatable bonds is 4. The highest BCUT2D eigenvalue weighted by Crippen LogP contribution is 2.55. The Bertz CT molecular complexity index is 979. The average Bonchev–Trinajstić information content (AvgIpc) is 3.23. The van der Waals surface area contributed by atoms with Crippen molar-refractivity contribution in [2.24, 2.45) is 5.41 Å². The van der Waals surface area contributed by atoms with Crippen LogP contribution in [0.15, 0.2) is 72.1 Å². The van der Waals surface area contributed by atoms with Gasteiger partial charge in [-0.25, -0.2) is 4.39 Å². The van der Waals surface area contributed by atoms with E-state index >= 15 is 0 Å². The van der Waals surface area contributed by atoms with E-state index in [4.69, 9.17) is 0 Å². The largest absolute Gasteiger partial charge is 0.383 e. The number of aromatic nitrogens is 1. The van der Waals surface area contributed by atoms with Crippen LogP contribution >= 0.6 is 0 Å². The molecule has 0 spiro atoms. The van der Waals surface area contributed by atoms with Crippen molar-refractivity contribution in [3.05, 3.63) is 89.0 Å². The van der Waals surface area contributed by atoms with E-state index in [1.165, 1.54) is 22.3 Å². The molecule has 30 heavy (non-hydrogen) atoms. The second-order valence-corrected chi connectivity index (χ2v) is 8.12. The third kappa shape index (κ3) is 3.28. The molecule has 0 bridgehead atoms. The maximum atomic E-state index is 13.7. The van der Waals surface area contributed by atoms with Gasteiger partial charge in [-0.1, -0.05) is 23.3 Å². The molecule has 4 heterocycles. The highest BCUT2D eigenvalue weighted by Gasteiger charge is 2.47. The molecule has 0 radical (unpaired) electrons. The maximum absolute atomic E-state index is 13.7. The van der Waals surface area contributed by atoms with Gasteiger partial charge < -0.3 is 16.0 Å². The summed E-state index contributed by atoms with van der Waals surface area (Å²) >= 11 is 0. The summed E-state index contributed by atoms with van der Waals surface area (Å²) in [5.74, 6) is -0.212. The Morgan fingerprint density at radius 1 is 0.800 bits per heavy atom. The number of nitrogens with zero attached hydrogens (tertiary/aromatic N) is 1. The molecule has 0 atom stereocenters. The summed E-state index contributed by atoms with van der Waals surface area (Å²) in [6.45, 7) is 4.62. The van der Waals surface area contributed by atoms with Gasteiger partial charge in [0.05, 0.1) is 5.41 Å². The Labute approximate surface area is 177 Å². The predicted octanol–water partition coefficient (Wildman–Crippen LogP) is 3.52. The molecule has 1 aromatic carbocycles. The van der Waals surface area contributed by atoms with E-state index in [1.54, 1.807) is 12.1 Å². The van der Waals surface area contributed by atoms with Crippen molar-refractivity contribution in [3.8, 4) is 0 Å². The fraction of sp³-hybridized carbons (Fsp3) is 0.320. The van der Waals surface area contributed by atoms with Gasteiger partial charge >= 0.3 is 0 Å². The summed E-state index contributed by atoms with van der Waals surface area (Å²) < 4.78 is 13.7. The molecular formula is C25H27FN4. The number of benzene rings is 1. The third-order valence-electron chi connectivity index (χ3n) is 6.53. The summed E-state index contributed by atoms with van der Waals surface area (Å²) in [6.07, 6.45) is 10.5. The van der Waals surface area contributed by atoms with Gasteiger partial charge in [-0.05, 0) is 79.0 Å². The van der Waals surface area contributed by atoms with E-state index in [2.05, 4.69) is 45.2 Å². The van der Waals surface area contributed by atoms with Crippen LogP contribution in [0.2, 0.25) is 0 Å². The summed E-state index contributed by atoms with van der Waals surface area (Å²) in [5, 5.41) is 10.7. The SMILES string of the molecule is Fc1ccc(C2=C(c3ccncc3)C(C3=CCNCC3)(C3=CCNCC3)CN2)cc1. The number of halogens is 1. The van der Waals surface area contributed by atoms with Gasteiger partial charge in [0.2, 0.25) is 0 Å². The zero-order valence-corrected chi connectivity index (χ0v) is 17.0. The second kappa shape index (κ2) is 8.17. The molecule has 3 aliphatic heterocycles. The molecule has 5 heteroatoms. The lowest BCUT2D eigenvalue weighted by Gasteiger charge is -2.40. The van der Waals surface area contributed by atoms with Gasteiger partial charge in [0.15, 0.2) is 0 Å². The maximum Gasteiger partial charge on any atom is 0.123 e. The molecule has 0 amide bonds. The van der Waals surface area contributed by atoms with Crippen LogP contribution in [0.4, 0.5) is 4.39 Å². The van der Waals surface area contributed by atoms with E-state index < -0.39 is 0 Å². The lowest BCUT2D eigenvalue weighted by molar-refractivity contribution is 0.492. The summed E-state index contributed by atoms with van der Waals surface area (Å²) in [4.78, 5) is 4.26. The second-order valence-electron chi connectivity index (χ2n) is 8.12. The minimum Gasteiger partial charge on any atom is -0.383 e.